The number of esters is 2. The molecule has 3 fully saturated rings. The minimum Gasteiger partial charge on any atom is -0.459 e. The summed E-state index contributed by atoms with van der Waals surface area (Å²) >= 11 is 4.09. The van der Waals surface area contributed by atoms with E-state index < -0.39 is 29.9 Å². The summed E-state index contributed by atoms with van der Waals surface area (Å²) in [6.07, 6.45) is 5.52. The molecule has 1 spiro atoms. The summed E-state index contributed by atoms with van der Waals surface area (Å²) in [6.45, 7) is 4.11. The van der Waals surface area contributed by atoms with Crippen LogP contribution in [0.2, 0.25) is 0 Å². The van der Waals surface area contributed by atoms with Gasteiger partial charge in [-0.1, -0.05) is 60.7 Å². The van der Waals surface area contributed by atoms with Crippen molar-refractivity contribution in [3.63, 3.8) is 0 Å². The molecule has 3 aliphatic heterocycles. The first-order valence-electron chi connectivity index (χ1n) is 13.8. The van der Waals surface area contributed by atoms with Gasteiger partial charge in [0.1, 0.15) is 12.1 Å². The molecule has 3 aliphatic rings. The Bertz CT molecular complexity index is 1050. The van der Waals surface area contributed by atoms with Crippen LogP contribution in [0.25, 0.3) is 0 Å². The normalized spacial score (nSPS) is 25.6. The first-order chi connectivity index (χ1) is 18.4. The van der Waals surface area contributed by atoms with Gasteiger partial charge in [0.25, 0.3) is 0 Å². The van der Waals surface area contributed by atoms with Crippen LogP contribution in [0.1, 0.15) is 56.6 Å². The smallest absolute Gasteiger partial charge is 0.348 e. The summed E-state index contributed by atoms with van der Waals surface area (Å²) in [5.41, 5.74) is 5.42. The van der Waals surface area contributed by atoms with Crippen LogP contribution in [0.4, 0.5) is 0 Å². The van der Waals surface area contributed by atoms with Crippen LogP contribution in [0.5, 0.6) is 0 Å². The molecule has 0 amide bonds. The highest BCUT2D eigenvalue weighted by Gasteiger charge is 2.57. The van der Waals surface area contributed by atoms with Crippen LogP contribution in [0.3, 0.4) is 0 Å². The number of quaternary nitrogens is 1. The van der Waals surface area contributed by atoms with Crippen molar-refractivity contribution in [1.29, 1.82) is 0 Å². The Hall–Kier alpha value is -2.39. The molecule has 2 unspecified atom stereocenters. The van der Waals surface area contributed by atoms with E-state index in [1.165, 1.54) is 43.3 Å². The fourth-order valence-corrected chi connectivity index (χ4v) is 7.22. The number of nitrogens with zero attached hydrogens (tertiary/aromatic N) is 1. The fourth-order valence-electron chi connectivity index (χ4n) is 7.07. The summed E-state index contributed by atoms with van der Waals surface area (Å²) in [7, 11) is 0. The Balaban J connectivity index is 1.46. The van der Waals surface area contributed by atoms with Crippen LogP contribution in [-0.2, 0) is 29.4 Å². The third kappa shape index (κ3) is 4.99. The van der Waals surface area contributed by atoms with Crippen LogP contribution in [0.15, 0.2) is 60.7 Å². The van der Waals surface area contributed by atoms with Gasteiger partial charge < -0.3 is 24.4 Å². The van der Waals surface area contributed by atoms with Crippen LogP contribution >= 0.6 is 12.6 Å². The van der Waals surface area contributed by atoms with Crippen molar-refractivity contribution in [3.05, 3.63) is 71.8 Å². The van der Waals surface area contributed by atoms with E-state index in [0.29, 0.717) is 23.2 Å². The maximum atomic E-state index is 14.4. The molecule has 2 aromatic rings. The maximum Gasteiger partial charge on any atom is 0.348 e. The van der Waals surface area contributed by atoms with Crippen molar-refractivity contribution < 1.29 is 28.3 Å². The molecule has 0 aliphatic carbocycles. The zero-order valence-corrected chi connectivity index (χ0v) is 22.9. The zero-order chi connectivity index (χ0) is 26.8. The van der Waals surface area contributed by atoms with E-state index in [1.54, 1.807) is 6.92 Å². The number of hydrogen-bond acceptors (Lipinski definition) is 7. The van der Waals surface area contributed by atoms with E-state index in [-0.39, 0.29) is 11.9 Å². The third-order valence-electron chi connectivity index (χ3n) is 8.80. The zero-order valence-electron chi connectivity index (χ0n) is 22.0. The van der Waals surface area contributed by atoms with Gasteiger partial charge in [-0.2, -0.15) is 12.6 Å². The van der Waals surface area contributed by atoms with Gasteiger partial charge in [-0.3, -0.25) is 4.79 Å². The highest BCUT2D eigenvalue weighted by atomic mass is 32.1. The summed E-state index contributed by atoms with van der Waals surface area (Å²) < 4.78 is 19.5. The summed E-state index contributed by atoms with van der Waals surface area (Å²) in [4.78, 5) is 26.8. The number of nitrogens with two attached hydrogens (primary N) is 1. The predicted octanol–water partition coefficient (Wildman–Crippen LogP) is 3.94. The number of thiol groups is 1. The quantitative estimate of drug-likeness (QED) is 0.217. The van der Waals surface area contributed by atoms with Gasteiger partial charge in [-0.05, 0) is 18.1 Å². The van der Waals surface area contributed by atoms with Crippen LogP contribution in [-0.4, -0.2) is 65.8 Å². The number of benzene rings is 2. The molecule has 0 saturated carbocycles. The Morgan fingerprint density at radius 1 is 0.974 bits per heavy atom. The molecule has 4 atom stereocenters. The average molecular weight is 540 g/mol. The van der Waals surface area contributed by atoms with E-state index in [9.17, 15) is 9.59 Å². The summed E-state index contributed by atoms with van der Waals surface area (Å²) in [5.74, 6) is -0.991. The molecular formula is C30H39N2O5S+. The lowest BCUT2D eigenvalue weighted by Crippen LogP contribution is -2.60. The van der Waals surface area contributed by atoms with Crippen LogP contribution in [0, 0.1) is 0 Å². The van der Waals surface area contributed by atoms with E-state index in [4.69, 9.17) is 19.9 Å². The van der Waals surface area contributed by atoms with Crippen molar-refractivity contribution in [1.82, 2.24) is 0 Å². The maximum absolute atomic E-state index is 14.4. The third-order valence-corrected chi connectivity index (χ3v) is 9.20. The van der Waals surface area contributed by atoms with Gasteiger partial charge in [0.15, 0.2) is 0 Å². The Morgan fingerprint density at radius 3 is 2.00 bits per heavy atom. The van der Waals surface area contributed by atoms with E-state index >= 15 is 0 Å². The van der Waals surface area contributed by atoms with E-state index in [0.717, 1.165) is 12.8 Å². The van der Waals surface area contributed by atoms with Gasteiger partial charge in [-0.25, -0.2) is 4.79 Å². The lowest BCUT2D eigenvalue weighted by atomic mass is 9.85. The van der Waals surface area contributed by atoms with Gasteiger partial charge >= 0.3 is 11.9 Å². The number of ether oxygens (including phenoxy) is 3. The molecule has 0 aromatic heterocycles. The molecule has 2 aromatic carbocycles. The van der Waals surface area contributed by atoms with E-state index in [1.807, 2.05) is 60.7 Å². The molecule has 8 heteroatoms. The lowest BCUT2D eigenvalue weighted by Gasteiger charge is -2.47. The largest absolute Gasteiger partial charge is 0.459 e. The van der Waals surface area contributed by atoms with Crippen molar-refractivity contribution in [2.24, 2.45) is 5.73 Å². The molecule has 2 N–H and O–H groups in total. The molecule has 7 nitrogen and oxygen atoms in total. The standard InChI is InChI=1S/C30H38N2O5S/c1-21(35-28(33)27(31)20-38)37-30(22-10-4-2-5-11-22,23-12-6-3-7-13-23)29(34)36-26-18-24-14-15-25(19-26)32(24)16-8-9-17-32/h2-7,10-13,21,24-27H,8-9,14-20,31H2,1H3/p+1/t21-,24?,25?,26?,27+/m1/s1. The average Bonchev–Trinajstić information content (AvgIpc) is 3.48. The minimum atomic E-state index is -1.62. The van der Waals surface area contributed by atoms with Crippen molar-refractivity contribution in [2.75, 3.05) is 18.8 Å². The first kappa shape index (κ1) is 27.2. The van der Waals surface area contributed by atoms with Crippen molar-refractivity contribution in [2.45, 2.75) is 81.6 Å². The number of piperidine rings is 1. The molecule has 2 bridgehead atoms. The van der Waals surface area contributed by atoms with Gasteiger partial charge in [0.05, 0.1) is 25.2 Å². The minimum absolute atomic E-state index is 0.139. The van der Waals surface area contributed by atoms with Gasteiger partial charge in [0.2, 0.25) is 11.9 Å². The van der Waals surface area contributed by atoms with Gasteiger partial charge in [0, 0.05) is 44.3 Å². The fraction of sp³-hybridized carbons (Fsp3) is 0.533. The molecular weight excluding hydrogens is 500 g/mol. The second-order valence-electron chi connectivity index (χ2n) is 11.0. The molecule has 3 heterocycles. The number of hydrogen-bond donors (Lipinski definition) is 2. The SMILES string of the molecule is C[C@H](OC(=O)[C@@H](N)CS)OC(C(=O)OC1CC2CCC(C1)[N+]21CCCC1)(c1ccccc1)c1ccccc1. The van der Waals surface area contributed by atoms with Crippen LogP contribution < -0.4 is 5.73 Å². The summed E-state index contributed by atoms with van der Waals surface area (Å²) in [6, 6.07) is 18.8. The topological polar surface area (TPSA) is 87.9 Å². The summed E-state index contributed by atoms with van der Waals surface area (Å²) in [5, 5.41) is 0. The van der Waals surface area contributed by atoms with Crippen molar-refractivity contribution in [3.8, 4) is 0 Å². The Kier molecular flexibility index (Phi) is 8.14. The molecule has 38 heavy (non-hydrogen) atoms. The first-order valence-corrected chi connectivity index (χ1v) is 14.5. The number of carbonyl (C=O) groups excluding carboxylic acids is 2. The van der Waals surface area contributed by atoms with E-state index in [2.05, 4.69) is 12.6 Å². The Morgan fingerprint density at radius 2 is 1.50 bits per heavy atom. The predicted molar refractivity (Wildman–Crippen MR) is 147 cm³/mol. The van der Waals surface area contributed by atoms with Crippen molar-refractivity contribution >= 4 is 24.6 Å². The molecule has 0 radical (unpaired) electrons. The second kappa shape index (κ2) is 11.4. The number of carbonyl (C=O) groups is 2. The van der Waals surface area contributed by atoms with Gasteiger partial charge in [-0.15, -0.1) is 0 Å². The molecule has 5 rings (SSSR count). The Labute approximate surface area is 230 Å². The molecule has 204 valence electrons. The molecule has 3 saturated heterocycles. The lowest BCUT2D eigenvalue weighted by molar-refractivity contribution is -0.956. The monoisotopic (exact) mass is 539 g/mol. The highest BCUT2D eigenvalue weighted by molar-refractivity contribution is 7.80. The second-order valence-corrected chi connectivity index (χ2v) is 11.3. The highest BCUT2D eigenvalue weighted by Crippen LogP contribution is 2.47. The number of rotatable bonds is 9.